The molecule has 1 aliphatic carbocycles. The van der Waals surface area contributed by atoms with Crippen LogP contribution in [0.3, 0.4) is 0 Å². The fourth-order valence-electron chi connectivity index (χ4n) is 2.65. The fraction of sp³-hybridized carbons (Fsp3) is 0.588. The fourth-order valence-corrected chi connectivity index (χ4v) is 2.65. The van der Waals surface area contributed by atoms with Crippen LogP contribution in [0, 0.1) is 0 Å². The van der Waals surface area contributed by atoms with Gasteiger partial charge in [-0.15, -0.1) is 0 Å². The van der Waals surface area contributed by atoms with Crippen LogP contribution in [0.4, 0.5) is 9.59 Å². The number of hydrogen-bond acceptors (Lipinski definition) is 6. The van der Waals surface area contributed by atoms with Gasteiger partial charge in [0.15, 0.2) is 0 Å². The minimum absolute atomic E-state index is 0.146. The first-order valence-corrected chi connectivity index (χ1v) is 8.29. The predicted molar refractivity (Wildman–Crippen MR) is 88.3 cm³/mol. The first kappa shape index (κ1) is 19.0. The molecule has 8 nitrogen and oxygen atoms in total. The topological polar surface area (TPSA) is 85.4 Å². The van der Waals surface area contributed by atoms with Crippen LogP contribution in [0.2, 0.25) is 0 Å². The number of hydrogen-bond donors (Lipinski definition) is 0. The van der Waals surface area contributed by atoms with E-state index in [-0.39, 0.29) is 6.61 Å². The highest BCUT2D eigenvalue weighted by Crippen LogP contribution is 2.34. The Morgan fingerprint density at radius 2 is 1.72 bits per heavy atom. The van der Waals surface area contributed by atoms with E-state index in [1.54, 1.807) is 40.7 Å². The van der Waals surface area contributed by atoms with Gasteiger partial charge in [-0.05, 0) is 46.8 Å². The molecule has 25 heavy (non-hydrogen) atoms. The third-order valence-electron chi connectivity index (χ3n) is 3.53. The van der Waals surface area contributed by atoms with Crippen molar-refractivity contribution in [2.45, 2.75) is 58.6 Å². The molecule has 0 N–H and O–H groups in total. The van der Waals surface area contributed by atoms with Crippen molar-refractivity contribution in [3.8, 4) is 0 Å². The number of ketones is 1. The summed E-state index contributed by atoms with van der Waals surface area (Å²) in [6.45, 7) is 8.58. The van der Waals surface area contributed by atoms with Gasteiger partial charge in [-0.2, -0.15) is 10.0 Å². The molecule has 0 aromatic rings. The predicted octanol–water partition coefficient (Wildman–Crippen LogP) is 2.41. The van der Waals surface area contributed by atoms with Gasteiger partial charge in [0.1, 0.15) is 0 Å². The number of nitrogens with zero attached hydrogens (tertiary/aromatic N) is 2. The lowest BCUT2D eigenvalue weighted by molar-refractivity contribution is -0.192. The van der Waals surface area contributed by atoms with Crippen LogP contribution in [0.1, 0.15) is 34.6 Å². The van der Waals surface area contributed by atoms with Crippen LogP contribution in [0.5, 0.6) is 0 Å². The van der Waals surface area contributed by atoms with Crippen molar-refractivity contribution < 1.29 is 28.6 Å². The summed E-state index contributed by atoms with van der Waals surface area (Å²) >= 11 is 0. The molecule has 0 spiro atoms. The van der Waals surface area contributed by atoms with Gasteiger partial charge in [0.25, 0.3) is 0 Å². The van der Waals surface area contributed by atoms with E-state index in [0.717, 1.165) is 10.0 Å². The molecule has 0 aromatic carbocycles. The Bertz CT molecular complexity index is 612. The van der Waals surface area contributed by atoms with E-state index in [2.05, 4.69) is 0 Å². The van der Waals surface area contributed by atoms with Crippen molar-refractivity contribution in [3.63, 3.8) is 0 Å². The number of amides is 2. The van der Waals surface area contributed by atoms with Gasteiger partial charge in [-0.3, -0.25) is 4.79 Å². The standard InChI is InChI=1S/C17H24N2O6/c1-6-23-17-10-9-13(7-8-14(17)20)18(15(21)24-11(2)3)19(17)16(22)25-12(4)5/h7-13H,6H2,1-5H3/t13-,17+/m1/s1. The number of ether oxygens (including phenoxy) is 3. The maximum absolute atomic E-state index is 12.7. The van der Waals surface area contributed by atoms with Gasteiger partial charge in [0.2, 0.25) is 11.5 Å². The smallest absolute Gasteiger partial charge is 0.432 e. The van der Waals surface area contributed by atoms with E-state index in [4.69, 9.17) is 14.2 Å². The Kier molecular flexibility index (Phi) is 5.52. The van der Waals surface area contributed by atoms with Crippen LogP contribution in [0.25, 0.3) is 0 Å². The van der Waals surface area contributed by atoms with Crippen LogP contribution in [-0.4, -0.2) is 58.6 Å². The highest BCUT2D eigenvalue weighted by Gasteiger charge is 2.55. The Hall–Kier alpha value is -2.35. The second kappa shape index (κ2) is 7.26. The molecule has 0 aromatic heterocycles. The number of hydrazine groups is 1. The van der Waals surface area contributed by atoms with E-state index in [1.165, 1.54) is 18.2 Å². The van der Waals surface area contributed by atoms with Gasteiger partial charge < -0.3 is 14.2 Å². The van der Waals surface area contributed by atoms with Crippen molar-refractivity contribution >= 4 is 18.0 Å². The van der Waals surface area contributed by atoms with Gasteiger partial charge in [0.05, 0.1) is 18.2 Å². The zero-order valence-electron chi connectivity index (χ0n) is 15.1. The largest absolute Gasteiger partial charge is 0.445 e. The number of carbonyl (C=O) groups is 3. The lowest BCUT2D eigenvalue weighted by Gasteiger charge is -2.46. The highest BCUT2D eigenvalue weighted by atomic mass is 16.6. The number of rotatable bonds is 4. The van der Waals surface area contributed by atoms with E-state index in [9.17, 15) is 14.4 Å². The first-order chi connectivity index (χ1) is 11.7. The molecular formula is C17H24N2O6. The maximum Gasteiger partial charge on any atom is 0.432 e. The van der Waals surface area contributed by atoms with Crippen LogP contribution < -0.4 is 0 Å². The summed E-state index contributed by atoms with van der Waals surface area (Å²) in [4.78, 5) is 38.0. The Morgan fingerprint density at radius 3 is 2.28 bits per heavy atom. The number of fused-ring (bicyclic) bond motifs is 2. The average Bonchev–Trinajstić information content (AvgIpc) is 2.72. The van der Waals surface area contributed by atoms with E-state index in [1.807, 2.05) is 0 Å². The molecule has 2 aliphatic heterocycles. The van der Waals surface area contributed by atoms with Crippen LogP contribution in [0.15, 0.2) is 24.3 Å². The summed E-state index contributed by atoms with van der Waals surface area (Å²) in [6, 6.07) is -0.661. The van der Waals surface area contributed by atoms with Crippen molar-refractivity contribution in [2.75, 3.05) is 6.61 Å². The monoisotopic (exact) mass is 352 g/mol. The van der Waals surface area contributed by atoms with Gasteiger partial charge in [0, 0.05) is 6.61 Å². The quantitative estimate of drug-likeness (QED) is 0.722. The molecule has 2 atom stereocenters. The zero-order valence-corrected chi connectivity index (χ0v) is 15.1. The van der Waals surface area contributed by atoms with Gasteiger partial charge in [-0.1, -0.05) is 12.2 Å². The average molecular weight is 352 g/mol. The molecule has 0 saturated heterocycles. The van der Waals surface area contributed by atoms with E-state index in [0.29, 0.717) is 0 Å². The summed E-state index contributed by atoms with van der Waals surface area (Å²) in [7, 11) is 0. The Labute approximate surface area is 147 Å². The minimum Gasteiger partial charge on any atom is -0.445 e. The third kappa shape index (κ3) is 3.53. The van der Waals surface area contributed by atoms with E-state index < -0.39 is 41.9 Å². The lowest BCUT2D eigenvalue weighted by atomic mass is 10.1. The molecule has 0 fully saturated rings. The Morgan fingerprint density at radius 1 is 1.12 bits per heavy atom. The van der Waals surface area contributed by atoms with Crippen LogP contribution in [-0.2, 0) is 19.0 Å². The minimum atomic E-state index is -1.78. The van der Waals surface area contributed by atoms with Crippen molar-refractivity contribution in [2.24, 2.45) is 0 Å². The van der Waals surface area contributed by atoms with Gasteiger partial charge in [-0.25, -0.2) is 9.59 Å². The summed E-state index contributed by atoms with van der Waals surface area (Å²) in [5, 5.41) is 1.97. The summed E-state index contributed by atoms with van der Waals surface area (Å²) in [5.41, 5.74) is -1.78. The third-order valence-corrected chi connectivity index (χ3v) is 3.53. The lowest BCUT2D eigenvalue weighted by Crippen LogP contribution is -2.68. The van der Waals surface area contributed by atoms with Crippen molar-refractivity contribution in [3.05, 3.63) is 24.3 Å². The van der Waals surface area contributed by atoms with E-state index >= 15 is 0 Å². The molecular weight excluding hydrogens is 328 g/mol. The highest BCUT2D eigenvalue weighted by molar-refractivity contribution is 6.02. The SMILES string of the molecule is CCO[C@@]12C=C[C@@H](C=CC1=O)N(C(=O)OC(C)C)N2C(=O)OC(C)C. The zero-order chi connectivity index (χ0) is 18.8. The molecule has 0 unspecified atom stereocenters. The molecule has 2 bridgehead atoms. The summed E-state index contributed by atoms with van der Waals surface area (Å²) < 4.78 is 16.1. The number of carbonyl (C=O) groups excluding carboxylic acids is 3. The molecule has 3 aliphatic rings. The second-order valence-electron chi connectivity index (χ2n) is 6.22. The maximum atomic E-state index is 12.7. The molecule has 138 valence electrons. The van der Waals surface area contributed by atoms with Crippen molar-refractivity contribution in [1.82, 2.24) is 10.0 Å². The molecule has 0 radical (unpaired) electrons. The summed E-state index contributed by atoms with van der Waals surface area (Å²) in [6.07, 6.45) is 3.45. The second-order valence-corrected chi connectivity index (χ2v) is 6.22. The van der Waals surface area contributed by atoms with Crippen LogP contribution >= 0.6 is 0 Å². The molecule has 8 heteroatoms. The summed E-state index contributed by atoms with van der Waals surface area (Å²) in [5.74, 6) is -0.478. The first-order valence-electron chi connectivity index (χ1n) is 8.29. The normalized spacial score (nSPS) is 24.9. The Balaban J connectivity index is 2.54. The molecule has 0 saturated carbocycles. The molecule has 2 amide bonds. The molecule has 3 rings (SSSR count). The molecule has 2 heterocycles. The van der Waals surface area contributed by atoms with Gasteiger partial charge >= 0.3 is 12.2 Å². The van der Waals surface area contributed by atoms with Crippen molar-refractivity contribution in [1.29, 1.82) is 0 Å².